The third kappa shape index (κ3) is 5.92. The van der Waals surface area contributed by atoms with Crippen LogP contribution in [0.1, 0.15) is 20.3 Å². The van der Waals surface area contributed by atoms with Gasteiger partial charge in [0.15, 0.2) is 0 Å². The summed E-state index contributed by atoms with van der Waals surface area (Å²) in [5, 5.41) is 3.45. The molecule has 3 nitrogen and oxygen atoms in total. The SMILES string of the molecule is CC=C(C)CNCCCN1CCOCC1. The van der Waals surface area contributed by atoms with E-state index in [0.717, 1.165) is 39.4 Å². The summed E-state index contributed by atoms with van der Waals surface area (Å²) in [6, 6.07) is 0. The zero-order valence-corrected chi connectivity index (χ0v) is 10.1. The van der Waals surface area contributed by atoms with Gasteiger partial charge in [0, 0.05) is 19.6 Å². The molecule has 3 heteroatoms. The number of morpholine rings is 1. The van der Waals surface area contributed by atoms with Gasteiger partial charge >= 0.3 is 0 Å². The molecule has 0 bridgehead atoms. The molecule has 0 amide bonds. The van der Waals surface area contributed by atoms with Crippen molar-refractivity contribution in [3.63, 3.8) is 0 Å². The van der Waals surface area contributed by atoms with Crippen LogP contribution in [0.15, 0.2) is 11.6 Å². The second-order valence-electron chi connectivity index (χ2n) is 4.12. The first kappa shape index (κ1) is 12.7. The molecule has 1 heterocycles. The van der Waals surface area contributed by atoms with Crippen LogP contribution in [-0.2, 0) is 4.74 Å². The molecule has 0 aliphatic carbocycles. The van der Waals surface area contributed by atoms with Gasteiger partial charge in [0.2, 0.25) is 0 Å². The van der Waals surface area contributed by atoms with E-state index in [2.05, 4.69) is 30.1 Å². The fourth-order valence-corrected chi connectivity index (χ4v) is 1.64. The van der Waals surface area contributed by atoms with Crippen LogP contribution in [0.4, 0.5) is 0 Å². The van der Waals surface area contributed by atoms with Crippen molar-refractivity contribution in [1.29, 1.82) is 0 Å². The second kappa shape index (κ2) is 7.85. The molecule has 0 unspecified atom stereocenters. The fourth-order valence-electron chi connectivity index (χ4n) is 1.64. The normalized spacial score (nSPS) is 19.5. The molecule has 1 rings (SSSR count). The summed E-state index contributed by atoms with van der Waals surface area (Å²) in [7, 11) is 0. The number of hydrogen-bond acceptors (Lipinski definition) is 3. The molecular weight excluding hydrogens is 188 g/mol. The molecule has 1 aliphatic rings. The van der Waals surface area contributed by atoms with Gasteiger partial charge < -0.3 is 10.1 Å². The van der Waals surface area contributed by atoms with Crippen molar-refractivity contribution in [3.8, 4) is 0 Å². The van der Waals surface area contributed by atoms with E-state index >= 15 is 0 Å². The van der Waals surface area contributed by atoms with Gasteiger partial charge in [-0.25, -0.2) is 0 Å². The number of nitrogens with one attached hydrogen (secondary N) is 1. The highest BCUT2D eigenvalue weighted by Crippen LogP contribution is 1.97. The van der Waals surface area contributed by atoms with E-state index in [1.807, 2.05) is 0 Å². The number of allylic oxidation sites excluding steroid dienone is 1. The summed E-state index contributed by atoms with van der Waals surface area (Å²) in [6.45, 7) is 11.6. The Morgan fingerprint density at radius 1 is 1.40 bits per heavy atom. The fraction of sp³-hybridized carbons (Fsp3) is 0.833. The maximum absolute atomic E-state index is 5.31. The summed E-state index contributed by atoms with van der Waals surface area (Å²) in [5.41, 5.74) is 1.42. The third-order valence-electron chi connectivity index (χ3n) is 2.83. The van der Waals surface area contributed by atoms with E-state index in [0.29, 0.717) is 0 Å². The first-order valence-electron chi connectivity index (χ1n) is 5.95. The Labute approximate surface area is 93.5 Å². The molecular formula is C12H24N2O. The average Bonchev–Trinajstić information content (AvgIpc) is 2.29. The number of ether oxygens (including phenoxy) is 1. The molecule has 1 saturated heterocycles. The van der Waals surface area contributed by atoms with Crippen molar-refractivity contribution in [3.05, 3.63) is 11.6 Å². The van der Waals surface area contributed by atoms with Gasteiger partial charge in [-0.05, 0) is 33.4 Å². The van der Waals surface area contributed by atoms with Crippen molar-refractivity contribution in [2.45, 2.75) is 20.3 Å². The average molecular weight is 212 g/mol. The Morgan fingerprint density at radius 3 is 2.80 bits per heavy atom. The minimum atomic E-state index is 0.908. The Bertz CT molecular complexity index is 186. The minimum absolute atomic E-state index is 0.908. The van der Waals surface area contributed by atoms with E-state index in [9.17, 15) is 0 Å². The largest absolute Gasteiger partial charge is 0.379 e. The molecule has 15 heavy (non-hydrogen) atoms. The Morgan fingerprint density at radius 2 is 2.13 bits per heavy atom. The molecule has 0 aromatic rings. The van der Waals surface area contributed by atoms with E-state index in [1.54, 1.807) is 0 Å². The van der Waals surface area contributed by atoms with Gasteiger partial charge in [0.05, 0.1) is 13.2 Å². The lowest BCUT2D eigenvalue weighted by molar-refractivity contribution is 0.0375. The van der Waals surface area contributed by atoms with E-state index in [1.165, 1.54) is 18.5 Å². The molecule has 88 valence electrons. The predicted molar refractivity (Wildman–Crippen MR) is 64.2 cm³/mol. The van der Waals surface area contributed by atoms with Crippen LogP contribution in [0.2, 0.25) is 0 Å². The Hall–Kier alpha value is -0.380. The van der Waals surface area contributed by atoms with Gasteiger partial charge in [-0.1, -0.05) is 11.6 Å². The quantitative estimate of drug-likeness (QED) is 0.530. The van der Waals surface area contributed by atoms with E-state index < -0.39 is 0 Å². The van der Waals surface area contributed by atoms with Crippen LogP contribution in [-0.4, -0.2) is 50.8 Å². The summed E-state index contributed by atoms with van der Waals surface area (Å²) < 4.78 is 5.31. The summed E-state index contributed by atoms with van der Waals surface area (Å²) in [5.74, 6) is 0. The second-order valence-corrected chi connectivity index (χ2v) is 4.12. The first-order chi connectivity index (χ1) is 7.33. The zero-order chi connectivity index (χ0) is 10.9. The molecule has 1 N–H and O–H groups in total. The monoisotopic (exact) mass is 212 g/mol. The van der Waals surface area contributed by atoms with E-state index in [4.69, 9.17) is 4.74 Å². The Kier molecular flexibility index (Phi) is 6.64. The van der Waals surface area contributed by atoms with Gasteiger partial charge in [-0.3, -0.25) is 4.90 Å². The van der Waals surface area contributed by atoms with Crippen LogP contribution >= 0.6 is 0 Å². The Balaban J connectivity index is 1.92. The van der Waals surface area contributed by atoms with Crippen molar-refractivity contribution < 1.29 is 4.74 Å². The molecule has 0 saturated carbocycles. The van der Waals surface area contributed by atoms with Crippen molar-refractivity contribution in [1.82, 2.24) is 10.2 Å². The maximum Gasteiger partial charge on any atom is 0.0594 e. The van der Waals surface area contributed by atoms with Crippen molar-refractivity contribution in [2.75, 3.05) is 45.9 Å². The van der Waals surface area contributed by atoms with Gasteiger partial charge in [-0.2, -0.15) is 0 Å². The highest BCUT2D eigenvalue weighted by molar-refractivity contribution is 4.97. The standard InChI is InChI=1S/C12H24N2O/c1-3-12(2)11-13-5-4-6-14-7-9-15-10-8-14/h3,13H,4-11H2,1-2H3. The van der Waals surface area contributed by atoms with Crippen LogP contribution in [0.25, 0.3) is 0 Å². The number of rotatable bonds is 6. The summed E-state index contributed by atoms with van der Waals surface area (Å²) in [6.07, 6.45) is 3.39. The number of hydrogen-bond donors (Lipinski definition) is 1. The third-order valence-corrected chi connectivity index (χ3v) is 2.83. The zero-order valence-electron chi connectivity index (χ0n) is 10.1. The van der Waals surface area contributed by atoms with Crippen LogP contribution in [0.5, 0.6) is 0 Å². The maximum atomic E-state index is 5.31. The van der Waals surface area contributed by atoms with Gasteiger partial charge in [0.1, 0.15) is 0 Å². The molecule has 0 aromatic heterocycles. The van der Waals surface area contributed by atoms with Gasteiger partial charge in [0.25, 0.3) is 0 Å². The molecule has 0 spiro atoms. The lowest BCUT2D eigenvalue weighted by Crippen LogP contribution is -2.37. The van der Waals surface area contributed by atoms with Crippen molar-refractivity contribution >= 4 is 0 Å². The summed E-state index contributed by atoms with van der Waals surface area (Å²) in [4.78, 5) is 2.48. The van der Waals surface area contributed by atoms with Crippen LogP contribution in [0, 0.1) is 0 Å². The summed E-state index contributed by atoms with van der Waals surface area (Å²) >= 11 is 0. The predicted octanol–water partition coefficient (Wildman–Crippen LogP) is 1.26. The van der Waals surface area contributed by atoms with Crippen LogP contribution < -0.4 is 5.32 Å². The van der Waals surface area contributed by atoms with Gasteiger partial charge in [-0.15, -0.1) is 0 Å². The van der Waals surface area contributed by atoms with E-state index in [-0.39, 0.29) is 0 Å². The highest BCUT2D eigenvalue weighted by Gasteiger charge is 2.08. The molecule has 0 aromatic carbocycles. The first-order valence-corrected chi connectivity index (χ1v) is 5.95. The van der Waals surface area contributed by atoms with Crippen LogP contribution in [0.3, 0.4) is 0 Å². The molecule has 1 aliphatic heterocycles. The number of nitrogens with zero attached hydrogens (tertiary/aromatic N) is 1. The lowest BCUT2D eigenvalue weighted by Gasteiger charge is -2.26. The smallest absolute Gasteiger partial charge is 0.0594 e. The minimum Gasteiger partial charge on any atom is -0.379 e. The molecule has 0 radical (unpaired) electrons. The molecule has 0 atom stereocenters. The topological polar surface area (TPSA) is 24.5 Å². The highest BCUT2D eigenvalue weighted by atomic mass is 16.5. The van der Waals surface area contributed by atoms with Crippen molar-refractivity contribution in [2.24, 2.45) is 0 Å². The molecule has 1 fully saturated rings. The lowest BCUT2D eigenvalue weighted by atomic mass is 10.3.